The van der Waals surface area contributed by atoms with Crippen molar-refractivity contribution in [1.29, 1.82) is 0 Å². The fraction of sp³-hybridized carbons (Fsp3) is 0.286. The quantitative estimate of drug-likeness (QED) is 0.798. The lowest BCUT2D eigenvalue weighted by Crippen LogP contribution is -2.46. The fourth-order valence-corrected chi connectivity index (χ4v) is 4.84. The number of ether oxygens (including phenoxy) is 1. The number of hydrogen-bond acceptors (Lipinski definition) is 2. The normalized spacial score (nSPS) is 32.2. The van der Waals surface area contributed by atoms with Crippen molar-refractivity contribution in [2.45, 2.75) is 6.42 Å². The summed E-state index contributed by atoms with van der Waals surface area (Å²) in [6.07, 6.45) is 14.3. The van der Waals surface area contributed by atoms with Crippen LogP contribution in [0.5, 0.6) is 0 Å². The van der Waals surface area contributed by atoms with Crippen molar-refractivity contribution >= 4 is 17.6 Å². The van der Waals surface area contributed by atoms with Crippen LogP contribution in [0, 0.1) is 17.3 Å². The molecular weight excluding hydrogens is 300 g/mol. The molecule has 1 aromatic carbocycles. The molecule has 3 atom stereocenters. The molecule has 0 spiro atoms. The second kappa shape index (κ2) is 4.81. The van der Waals surface area contributed by atoms with Gasteiger partial charge in [-0.05, 0) is 29.2 Å². The number of aromatic carboxylic acids is 1. The highest BCUT2D eigenvalue weighted by Gasteiger charge is 2.49. The number of fused-ring (bicyclic) bond motifs is 3. The molecule has 1 fully saturated rings. The Labute approximate surface area is 140 Å². The summed E-state index contributed by atoms with van der Waals surface area (Å²) in [5, 5.41) is 9.47. The zero-order valence-electron chi connectivity index (χ0n) is 13.2. The van der Waals surface area contributed by atoms with Gasteiger partial charge in [0.1, 0.15) is 0 Å². The van der Waals surface area contributed by atoms with Crippen LogP contribution in [-0.4, -0.2) is 24.3 Å². The first kappa shape index (κ1) is 14.0. The molecular formula is C21H18O3. The molecule has 3 heteroatoms. The van der Waals surface area contributed by atoms with Gasteiger partial charge >= 0.3 is 5.97 Å². The first-order chi connectivity index (χ1) is 11.7. The highest BCUT2D eigenvalue weighted by Crippen LogP contribution is 2.56. The Hall–Kier alpha value is -2.39. The molecule has 1 heterocycles. The van der Waals surface area contributed by atoms with Gasteiger partial charge in [0.25, 0.3) is 0 Å². The van der Waals surface area contributed by atoms with E-state index in [1.807, 2.05) is 18.2 Å². The minimum Gasteiger partial charge on any atom is -0.478 e. The van der Waals surface area contributed by atoms with Crippen LogP contribution in [0.1, 0.15) is 27.9 Å². The average molecular weight is 318 g/mol. The fourth-order valence-electron chi connectivity index (χ4n) is 4.84. The highest BCUT2D eigenvalue weighted by molar-refractivity contribution is 5.97. The zero-order valence-corrected chi connectivity index (χ0v) is 13.2. The van der Waals surface area contributed by atoms with Gasteiger partial charge in [0.15, 0.2) is 0 Å². The van der Waals surface area contributed by atoms with E-state index >= 15 is 0 Å². The minimum absolute atomic E-state index is 0.0985. The molecule has 1 aromatic rings. The molecule has 0 saturated carbocycles. The Bertz CT molecular complexity index is 871. The van der Waals surface area contributed by atoms with Crippen LogP contribution in [0.4, 0.5) is 0 Å². The smallest absolute Gasteiger partial charge is 0.336 e. The van der Waals surface area contributed by atoms with Crippen LogP contribution >= 0.6 is 0 Å². The maximum atomic E-state index is 11.5. The van der Waals surface area contributed by atoms with Gasteiger partial charge in [-0.3, -0.25) is 0 Å². The summed E-state index contributed by atoms with van der Waals surface area (Å²) < 4.78 is 5.95. The largest absolute Gasteiger partial charge is 0.478 e. The van der Waals surface area contributed by atoms with E-state index in [-0.39, 0.29) is 11.3 Å². The van der Waals surface area contributed by atoms with E-state index in [2.05, 4.69) is 30.4 Å². The van der Waals surface area contributed by atoms with Crippen molar-refractivity contribution in [3.63, 3.8) is 0 Å². The number of hydrogen-bond donors (Lipinski definition) is 1. The molecule has 0 radical (unpaired) electrons. The molecule has 2 bridgehead atoms. The average Bonchev–Trinajstić information content (AvgIpc) is 2.59. The first-order valence-corrected chi connectivity index (χ1v) is 8.43. The van der Waals surface area contributed by atoms with E-state index in [9.17, 15) is 9.90 Å². The Morgan fingerprint density at radius 1 is 1.29 bits per heavy atom. The summed E-state index contributed by atoms with van der Waals surface area (Å²) in [4.78, 5) is 11.5. The summed E-state index contributed by atoms with van der Waals surface area (Å²) in [5.74, 6) is -0.186. The highest BCUT2D eigenvalue weighted by atomic mass is 16.5. The number of carboxylic acid groups (broad SMARTS) is 1. The molecule has 1 N–H and O–H groups in total. The van der Waals surface area contributed by atoms with Gasteiger partial charge in [-0.15, -0.1) is 0 Å². The van der Waals surface area contributed by atoms with Gasteiger partial charge in [-0.2, -0.15) is 0 Å². The van der Waals surface area contributed by atoms with Gasteiger partial charge in [0, 0.05) is 17.3 Å². The lowest BCUT2D eigenvalue weighted by Gasteiger charge is -2.51. The third-order valence-corrected chi connectivity index (χ3v) is 5.91. The molecule has 3 aliphatic carbocycles. The van der Waals surface area contributed by atoms with Gasteiger partial charge in [-0.25, -0.2) is 4.79 Å². The van der Waals surface area contributed by atoms with Gasteiger partial charge in [0.05, 0.1) is 18.8 Å². The van der Waals surface area contributed by atoms with Crippen molar-refractivity contribution in [3.8, 4) is 0 Å². The maximum Gasteiger partial charge on any atom is 0.336 e. The number of benzene rings is 1. The van der Waals surface area contributed by atoms with E-state index in [1.54, 1.807) is 6.07 Å². The second-order valence-electron chi connectivity index (χ2n) is 7.04. The lowest BCUT2D eigenvalue weighted by molar-refractivity contribution is 0.00900. The van der Waals surface area contributed by atoms with Crippen molar-refractivity contribution in [3.05, 3.63) is 70.8 Å². The van der Waals surface area contributed by atoms with Crippen molar-refractivity contribution < 1.29 is 14.6 Å². The molecule has 1 saturated heterocycles. The van der Waals surface area contributed by atoms with Crippen LogP contribution in [0.15, 0.2) is 54.2 Å². The van der Waals surface area contributed by atoms with E-state index < -0.39 is 5.97 Å². The number of allylic oxidation sites excluding steroid dienone is 5. The second-order valence-corrected chi connectivity index (χ2v) is 7.04. The summed E-state index contributed by atoms with van der Waals surface area (Å²) >= 11 is 0. The summed E-state index contributed by atoms with van der Waals surface area (Å²) in [6.45, 7) is 1.50. The van der Waals surface area contributed by atoms with Crippen molar-refractivity contribution in [1.82, 2.24) is 0 Å². The van der Waals surface area contributed by atoms with Crippen LogP contribution in [0.25, 0.3) is 11.6 Å². The number of carbonyl (C=O) groups is 1. The Kier molecular flexibility index (Phi) is 2.80. The predicted octanol–water partition coefficient (Wildman–Crippen LogP) is 3.94. The molecule has 5 rings (SSSR count). The van der Waals surface area contributed by atoms with E-state index in [1.165, 1.54) is 11.1 Å². The van der Waals surface area contributed by atoms with Crippen molar-refractivity contribution in [2.75, 3.05) is 13.2 Å². The Morgan fingerprint density at radius 3 is 3.08 bits per heavy atom. The van der Waals surface area contributed by atoms with E-state index in [0.717, 1.165) is 24.2 Å². The molecule has 0 aromatic heterocycles. The summed E-state index contributed by atoms with van der Waals surface area (Å²) in [5.41, 5.74) is 4.80. The predicted molar refractivity (Wildman–Crippen MR) is 92.5 cm³/mol. The Morgan fingerprint density at radius 2 is 2.21 bits per heavy atom. The van der Waals surface area contributed by atoms with Gasteiger partial charge < -0.3 is 9.84 Å². The topological polar surface area (TPSA) is 46.5 Å². The summed E-state index contributed by atoms with van der Waals surface area (Å²) in [6, 6.07) is 5.55. The molecule has 3 nitrogen and oxygen atoms in total. The third-order valence-electron chi connectivity index (χ3n) is 5.91. The van der Waals surface area contributed by atoms with Crippen LogP contribution in [0.3, 0.4) is 0 Å². The minimum atomic E-state index is -0.876. The number of carboxylic acids is 1. The van der Waals surface area contributed by atoms with Gasteiger partial charge in [0.2, 0.25) is 0 Å². The first-order valence-electron chi connectivity index (χ1n) is 8.43. The molecule has 120 valence electrons. The van der Waals surface area contributed by atoms with E-state index in [4.69, 9.17) is 4.74 Å². The van der Waals surface area contributed by atoms with Crippen LogP contribution in [0.2, 0.25) is 0 Å². The standard InChI is InChI=1S/C21H18O3/c22-20(23)17-5-1-4-14-15(17)6-9-19-16(14)7-8-18-13-3-2-10-21(18,19)12-24-11-13/h1-2,4-10,13,19H,3,11-12H2,(H,22,23). The number of rotatable bonds is 1. The molecule has 1 aliphatic heterocycles. The molecule has 24 heavy (non-hydrogen) atoms. The molecule has 0 amide bonds. The summed E-state index contributed by atoms with van der Waals surface area (Å²) in [7, 11) is 0. The lowest BCUT2D eigenvalue weighted by atomic mass is 9.56. The SMILES string of the molecule is O=C(O)c1cccc2c1C=CC1C2=CC=C2C3CC=CC21COC3. The molecule has 3 unspecified atom stereocenters. The molecule has 4 aliphatic rings. The van der Waals surface area contributed by atoms with E-state index in [0.29, 0.717) is 18.1 Å². The van der Waals surface area contributed by atoms with Crippen LogP contribution in [-0.2, 0) is 4.74 Å². The Balaban J connectivity index is 1.73. The zero-order chi connectivity index (χ0) is 16.3. The third kappa shape index (κ3) is 1.68. The monoisotopic (exact) mass is 318 g/mol. The van der Waals surface area contributed by atoms with Crippen molar-refractivity contribution in [2.24, 2.45) is 17.3 Å². The maximum absolute atomic E-state index is 11.5. The van der Waals surface area contributed by atoms with Crippen LogP contribution < -0.4 is 0 Å². The van der Waals surface area contributed by atoms with Gasteiger partial charge in [-0.1, -0.05) is 54.2 Å².